The maximum atomic E-state index is 10.3. The molecular weight excluding hydrogens is 950 g/mol. The van der Waals surface area contributed by atoms with Crippen molar-refractivity contribution in [1.82, 2.24) is 31.9 Å². The van der Waals surface area contributed by atoms with Crippen molar-refractivity contribution < 1.29 is 170 Å². The molecule has 22 heteroatoms. The number of carbonyl (C=O) groups is 7. The second-order valence-electron chi connectivity index (χ2n) is 9.94. The number of rotatable bonds is 20. The Kier molecular flexibility index (Phi) is 230. The normalized spacial score (nSPS) is 7.25. The van der Waals surface area contributed by atoms with E-state index in [1.807, 2.05) is 69.5 Å². The third kappa shape index (κ3) is 197. The van der Waals surface area contributed by atoms with E-state index in [4.69, 9.17) is 5.73 Å². The van der Waals surface area contributed by atoms with Crippen LogP contribution in [0.5, 0.6) is 0 Å². The number of esters is 5. The number of Topliss-reactive ketones (excluding diaryl/α,β-unsaturated/α-hetero) is 2. The second-order valence-corrected chi connectivity index (χ2v) is 9.94. The van der Waals surface area contributed by atoms with Gasteiger partial charge in [0.15, 0.2) is 0 Å². The standard InChI is InChI=1S/4C5H11NO2.2C5H11NO.C4H9NO2.4C2H6.3CH4.3Ar/c4*1-6-4-3-5(7)8-2;2*1-5(7)3-4-6-2;1-7-4(6)2-3-5;4*1-2;;;;;;/h4*6H,3-4H2,1-2H3;2*6H,3-4H2,1-2H3;2-3,5H2,1H3;4*1-2H3;3*1H4;;;. The molecule has 0 unspecified atom stereocenters. The van der Waals surface area contributed by atoms with Crippen LogP contribution in [0.1, 0.15) is 136 Å². The Morgan fingerprint density at radius 2 is 0.463 bits per heavy atom. The van der Waals surface area contributed by atoms with Gasteiger partial charge in [0, 0.05) is 172 Å². The van der Waals surface area contributed by atoms with Crippen molar-refractivity contribution in [2.75, 3.05) is 124 Å². The summed E-state index contributed by atoms with van der Waals surface area (Å²) in [5.74, 6) is -0.427. The number of ether oxygens (including phenoxy) is 5. The fourth-order valence-corrected chi connectivity index (χ4v) is 2.14. The monoisotopic (exact) mass is 1060 g/mol. The van der Waals surface area contributed by atoms with Gasteiger partial charge in [-0.15, -0.1) is 0 Å². The topological polar surface area (TPSA) is 264 Å². The Labute approximate surface area is 504 Å². The Bertz CT molecular complexity index is 779. The van der Waals surface area contributed by atoms with Gasteiger partial charge >= 0.3 is 29.8 Å². The molecular formula is C45H111Ar3N7O12. The van der Waals surface area contributed by atoms with Gasteiger partial charge in [0.2, 0.25) is 0 Å². The fourth-order valence-electron chi connectivity index (χ4n) is 2.14. The van der Waals surface area contributed by atoms with Gasteiger partial charge < -0.3 is 61.3 Å². The van der Waals surface area contributed by atoms with Crippen molar-refractivity contribution in [3.05, 3.63) is 0 Å². The zero-order chi connectivity index (χ0) is 50.7. The van der Waals surface area contributed by atoms with Gasteiger partial charge in [0.25, 0.3) is 0 Å². The molecule has 0 aliphatic carbocycles. The molecule has 0 aliphatic heterocycles. The summed E-state index contributed by atoms with van der Waals surface area (Å²) in [5, 5.41) is 17.1. The van der Waals surface area contributed by atoms with Crippen LogP contribution in [-0.4, -0.2) is 165 Å². The predicted molar refractivity (Wildman–Crippen MR) is 272 cm³/mol. The van der Waals surface area contributed by atoms with Gasteiger partial charge in [-0.25, -0.2) is 0 Å². The van der Waals surface area contributed by atoms with Crippen LogP contribution in [0.4, 0.5) is 0 Å². The van der Waals surface area contributed by atoms with Crippen molar-refractivity contribution in [3.63, 3.8) is 0 Å². The minimum absolute atomic E-state index is 0. The van der Waals surface area contributed by atoms with E-state index >= 15 is 0 Å². The third-order valence-corrected chi connectivity index (χ3v) is 5.26. The van der Waals surface area contributed by atoms with Crippen LogP contribution >= 0.6 is 0 Å². The number of carbonyl (C=O) groups excluding carboxylic acids is 7. The molecule has 0 aromatic heterocycles. The van der Waals surface area contributed by atoms with Crippen molar-refractivity contribution >= 4 is 41.4 Å². The predicted octanol–water partition coefficient (Wildman–Crippen LogP) is 4.97. The number of nitrogens with two attached hydrogens (primary N) is 1. The van der Waals surface area contributed by atoms with Gasteiger partial charge in [0.1, 0.15) is 11.6 Å². The van der Waals surface area contributed by atoms with Crippen molar-refractivity contribution in [1.29, 1.82) is 0 Å². The molecule has 422 valence electrons. The molecule has 67 heavy (non-hydrogen) atoms. The summed E-state index contributed by atoms with van der Waals surface area (Å²) in [5.41, 5.74) is 5.00. The van der Waals surface area contributed by atoms with Gasteiger partial charge in [-0.1, -0.05) is 77.7 Å². The molecule has 0 atom stereocenters. The maximum absolute atomic E-state index is 10.3. The van der Waals surface area contributed by atoms with Crippen LogP contribution in [0.3, 0.4) is 0 Å². The van der Waals surface area contributed by atoms with Crippen molar-refractivity contribution in [2.24, 2.45) is 5.73 Å². The van der Waals surface area contributed by atoms with Crippen LogP contribution < -0.4 is 37.6 Å². The Morgan fingerprint density at radius 3 is 0.537 bits per heavy atom. The molecule has 0 saturated carbocycles. The summed E-state index contributed by atoms with van der Waals surface area (Å²) < 4.78 is 21.8. The SMILES string of the molecule is C.C.C.CC.CC.CC.CC.CNCCC(=O)OC.CNCCC(=O)OC.CNCCC(=O)OC.CNCCC(=O)OC.CNCCC(C)=O.CNCCC(C)=O.COC(=O)CCN.[Ar].[Ar].[Ar]. The van der Waals surface area contributed by atoms with Crippen molar-refractivity contribution in [3.8, 4) is 0 Å². The second kappa shape index (κ2) is 132. The average molecular weight is 1060 g/mol. The maximum Gasteiger partial charge on any atom is 0.306 e. The van der Waals surface area contributed by atoms with Gasteiger partial charge in [-0.3, -0.25) is 33.6 Å². The van der Waals surface area contributed by atoms with Crippen LogP contribution in [0, 0.1) is 113 Å². The van der Waals surface area contributed by atoms with E-state index in [1.54, 1.807) is 42.0 Å². The zero-order valence-corrected chi connectivity index (χ0v) is 46.1. The van der Waals surface area contributed by atoms with E-state index in [0.29, 0.717) is 77.7 Å². The Hall–Kier alpha value is 0.189. The van der Waals surface area contributed by atoms with E-state index in [1.165, 1.54) is 35.5 Å². The number of ketones is 2. The molecule has 8 N–H and O–H groups in total. The third-order valence-electron chi connectivity index (χ3n) is 5.26. The molecule has 0 radical (unpaired) electrons. The minimum atomic E-state index is -0.248. The number of hydrogen-bond donors (Lipinski definition) is 7. The molecule has 0 rings (SSSR count). The summed E-state index contributed by atoms with van der Waals surface area (Å²) >= 11 is 0. The van der Waals surface area contributed by atoms with Gasteiger partial charge in [0.05, 0.1) is 67.7 Å². The van der Waals surface area contributed by atoms with Crippen molar-refractivity contribution in [2.45, 2.75) is 136 Å². The first-order valence-corrected chi connectivity index (χ1v) is 21.0. The van der Waals surface area contributed by atoms with Crippen LogP contribution in [0.2, 0.25) is 0 Å². The molecule has 0 bridgehead atoms. The molecule has 0 aromatic rings. The van der Waals surface area contributed by atoms with Gasteiger partial charge in [-0.2, -0.15) is 0 Å². The summed E-state index contributed by atoms with van der Waals surface area (Å²) in [6.45, 7) is 23.9. The average Bonchev–Trinajstić information content (AvgIpc) is 3.30. The Balaban J connectivity index is -0.0000000279. The zero-order valence-electron chi connectivity index (χ0n) is 43.9. The summed E-state index contributed by atoms with van der Waals surface area (Å²) in [7, 11) is 17.7. The molecule has 0 saturated heterocycles. The number of methoxy groups -OCH3 is 5. The molecule has 0 heterocycles. The first-order valence-electron chi connectivity index (χ1n) is 21.0. The molecule has 0 aromatic carbocycles. The number of hydrogen-bond acceptors (Lipinski definition) is 19. The molecule has 0 fully saturated rings. The van der Waals surface area contributed by atoms with E-state index in [2.05, 4.69) is 55.6 Å². The van der Waals surface area contributed by atoms with Crippen LogP contribution in [0.25, 0.3) is 0 Å². The first kappa shape index (κ1) is 117. The largest absolute Gasteiger partial charge is 0.469 e. The molecule has 0 amide bonds. The molecule has 19 nitrogen and oxygen atoms in total. The van der Waals surface area contributed by atoms with E-state index in [0.717, 1.165) is 13.1 Å². The minimum Gasteiger partial charge on any atom is -0.469 e. The van der Waals surface area contributed by atoms with Crippen LogP contribution in [-0.2, 0) is 57.2 Å². The first-order chi connectivity index (χ1) is 29.1. The summed E-state index contributed by atoms with van der Waals surface area (Å²) in [4.78, 5) is 71.7. The fraction of sp³-hybridized carbons (Fsp3) is 0.844. The summed E-state index contributed by atoms with van der Waals surface area (Å²) in [6.07, 6.45) is 3.42. The Morgan fingerprint density at radius 1 is 0.328 bits per heavy atom. The van der Waals surface area contributed by atoms with Gasteiger partial charge in [-0.05, 0) is 56.1 Å². The quantitative estimate of drug-likeness (QED) is 0.0627. The molecule has 0 spiro atoms. The van der Waals surface area contributed by atoms with E-state index in [9.17, 15) is 33.6 Å². The van der Waals surface area contributed by atoms with Crippen LogP contribution in [0.15, 0.2) is 0 Å². The molecule has 0 aliphatic rings. The smallest absolute Gasteiger partial charge is 0.306 e. The van der Waals surface area contributed by atoms with E-state index < -0.39 is 0 Å². The van der Waals surface area contributed by atoms with E-state index in [-0.39, 0.29) is 177 Å². The summed E-state index contributed by atoms with van der Waals surface area (Å²) in [6, 6.07) is 0. The number of nitrogens with one attached hydrogen (secondary N) is 6.